The molecule has 104 valence electrons. The molecular formula is C18H20O2. The van der Waals surface area contributed by atoms with Crippen LogP contribution in [0.15, 0.2) is 18.2 Å². The number of phenolic OH excluding ortho intramolecular Hbond substituents is 2. The second-order valence-corrected chi connectivity index (χ2v) is 6.69. The second-order valence-electron chi connectivity index (χ2n) is 6.69. The number of rotatable bonds is 1. The fourth-order valence-corrected chi connectivity index (χ4v) is 4.20. The quantitative estimate of drug-likeness (QED) is 0.733. The third-order valence-electron chi connectivity index (χ3n) is 5.27. The van der Waals surface area contributed by atoms with E-state index in [0.29, 0.717) is 29.3 Å². The number of fused-ring (bicyclic) bond motifs is 6. The van der Waals surface area contributed by atoms with E-state index >= 15 is 0 Å². The fraction of sp³-hybridized carbons (Fsp3) is 0.444. The van der Waals surface area contributed by atoms with Crippen molar-refractivity contribution in [2.24, 2.45) is 0 Å². The zero-order valence-corrected chi connectivity index (χ0v) is 12.0. The van der Waals surface area contributed by atoms with Gasteiger partial charge in [-0.25, -0.2) is 0 Å². The van der Waals surface area contributed by atoms with E-state index in [9.17, 15) is 10.2 Å². The first-order valence-corrected chi connectivity index (χ1v) is 7.59. The maximum Gasteiger partial charge on any atom is 0.127 e. The zero-order chi connectivity index (χ0) is 14.0. The molecule has 2 aliphatic rings. The summed E-state index contributed by atoms with van der Waals surface area (Å²) in [7, 11) is 0. The molecule has 2 aliphatic carbocycles. The van der Waals surface area contributed by atoms with Crippen LogP contribution in [0.2, 0.25) is 0 Å². The molecule has 2 heteroatoms. The van der Waals surface area contributed by atoms with Gasteiger partial charge < -0.3 is 10.2 Å². The molecule has 2 unspecified atom stereocenters. The number of benzene rings is 2. The Balaban J connectivity index is 2.07. The Labute approximate surface area is 119 Å². The lowest BCUT2D eigenvalue weighted by atomic mass is 9.86. The van der Waals surface area contributed by atoms with Crippen LogP contribution in [0.25, 0.3) is 10.8 Å². The van der Waals surface area contributed by atoms with Gasteiger partial charge in [0.05, 0.1) is 0 Å². The highest BCUT2D eigenvalue weighted by Crippen LogP contribution is 2.60. The predicted molar refractivity (Wildman–Crippen MR) is 80.7 cm³/mol. The molecule has 0 amide bonds. The summed E-state index contributed by atoms with van der Waals surface area (Å²) in [5, 5.41) is 23.0. The summed E-state index contributed by atoms with van der Waals surface area (Å²) in [4.78, 5) is 0. The Morgan fingerprint density at radius 2 is 1.55 bits per heavy atom. The lowest BCUT2D eigenvalue weighted by Gasteiger charge is -2.20. The van der Waals surface area contributed by atoms with E-state index in [-0.39, 0.29) is 0 Å². The standard InChI is InChI=1S/C18H20O2/c1-9(2)10-5-6-13-14(8-10)18(20)16-12-4-3-11(7-12)15(16)17(13)19/h5-6,8-9,11-12,19-20H,3-4,7H2,1-2H3. The minimum atomic E-state index is 0.412. The van der Waals surface area contributed by atoms with Gasteiger partial charge in [-0.1, -0.05) is 26.0 Å². The van der Waals surface area contributed by atoms with Gasteiger partial charge in [0.15, 0.2) is 0 Å². The summed E-state index contributed by atoms with van der Waals surface area (Å²) >= 11 is 0. The van der Waals surface area contributed by atoms with Crippen LogP contribution in [-0.2, 0) is 0 Å². The highest BCUT2D eigenvalue weighted by Gasteiger charge is 2.41. The van der Waals surface area contributed by atoms with Crippen LogP contribution in [0.1, 0.15) is 67.6 Å². The Bertz CT molecular complexity index is 715. The van der Waals surface area contributed by atoms with Crippen LogP contribution < -0.4 is 0 Å². The lowest BCUT2D eigenvalue weighted by molar-refractivity contribution is 0.451. The van der Waals surface area contributed by atoms with Crippen molar-refractivity contribution in [2.75, 3.05) is 0 Å². The van der Waals surface area contributed by atoms with Gasteiger partial charge in [0.2, 0.25) is 0 Å². The molecule has 1 fully saturated rings. The van der Waals surface area contributed by atoms with Crippen molar-refractivity contribution in [1.29, 1.82) is 0 Å². The number of hydrogen-bond acceptors (Lipinski definition) is 2. The summed E-state index contributed by atoms with van der Waals surface area (Å²) in [6.45, 7) is 4.29. The van der Waals surface area contributed by atoms with E-state index in [1.807, 2.05) is 12.1 Å². The highest BCUT2D eigenvalue weighted by molar-refractivity contribution is 5.97. The molecule has 0 heterocycles. The van der Waals surface area contributed by atoms with E-state index in [4.69, 9.17) is 0 Å². The van der Waals surface area contributed by atoms with Gasteiger partial charge in [-0.05, 0) is 48.6 Å². The molecule has 2 aromatic rings. The van der Waals surface area contributed by atoms with Gasteiger partial charge in [-0.15, -0.1) is 0 Å². The van der Waals surface area contributed by atoms with Crippen molar-refractivity contribution in [2.45, 2.75) is 50.9 Å². The van der Waals surface area contributed by atoms with Crippen LogP contribution in [0.3, 0.4) is 0 Å². The van der Waals surface area contributed by atoms with Gasteiger partial charge >= 0.3 is 0 Å². The Kier molecular flexibility index (Phi) is 2.36. The molecule has 2 aromatic carbocycles. The minimum Gasteiger partial charge on any atom is -0.507 e. The first kappa shape index (κ1) is 12.1. The van der Waals surface area contributed by atoms with Crippen molar-refractivity contribution in [1.82, 2.24) is 0 Å². The molecule has 0 aliphatic heterocycles. The Morgan fingerprint density at radius 1 is 0.950 bits per heavy atom. The molecule has 2 bridgehead atoms. The normalized spacial score (nSPS) is 23.8. The molecule has 0 radical (unpaired) electrons. The maximum atomic E-state index is 10.7. The average molecular weight is 268 g/mol. The highest BCUT2D eigenvalue weighted by atomic mass is 16.3. The van der Waals surface area contributed by atoms with E-state index < -0.39 is 0 Å². The summed E-state index contributed by atoms with van der Waals surface area (Å²) in [6.07, 6.45) is 3.41. The smallest absolute Gasteiger partial charge is 0.127 e. The topological polar surface area (TPSA) is 40.5 Å². The minimum absolute atomic E-state index is 0.412. The largest absolute Gasteiger partial charge is 0.507 e. The summed E-state index contributed by atoms with van der Waals surface area (Å²) < 4.78 is 0. The molecule has 0 saturated heterocycles. The van der Waals surface area contributed by atoms with Gasteiger partial charge in [0.1, 0.15) is 11.5 Å². The second kappa shape index (κ2) is 3.91. The molecule has 1 saturated carbocycles. The maximum absolute atomic E-state index is 10.7. The molecule has 20 heavy (non-hydrogen) atoms. The SMILES string of the molecule is CC(C)c1ccc2c(O)c3c(c(O)c2c1)C1CCC3C1. The van der Waals surface area contributed by atoms with E-state index in [2.05, 4.69) is 19.9 Å². The van der Waals surface area contributed by atoms with Crippen molar-refractivity contribution in [3.8, 4) is 11.5 Å². The molecule has 2 atom stereocenters. The van der Waals surface area contributed by atoms with Crippen LogP contribution in [0.4, 0.5) is 0 Å². The first-order valence-electron chi connectivity index (χ1n) is 7.59. The summed E-state index contributed by atoms with van der Waals surface area (Å²) in [5.41, 5.74) is 3.27. The van der Waals surface area contributed by atoms with Crippen molar-refractivity contribution in [3.05, 3.63) is 34.9 Å². The van der Waals surface area contributed by atoms with Gasteiger partial charge in [-0.2, -0.15) is 0 Å². The monoisotopic (exact) mass is 268 g/mol. The van der Waals surface area contributed by atoms with Gasteiger partial charge in [-0.3, -0.25) is 0 Å². The van der Waals surface area contributed by atoms with Crippen molar-refractivity contribution >= 4 is 10.8 Å². The van der Waals surface area contributed by atoms with Gasteiger partial charge in [0, 0.05) is 21.9 Å². The molecule has 2 N–H and O–H groups in total. The Morgan fingerprint density at radius 3 is 2.15 bits per heavy atom. The molecule has 2 nitrogen and oxygen atoms in total. The Hall–Kier alpha value is -1.70. The summed E-state index contributed by atoms with van der Waals surface area (Å²) in [5.74, 6) is 2.16. The first-order chi connectivity index (χ1) is 9.58. The fourth-order valence-electron chi connectivity index (χ4n) is 4.20. The van der Waals surface area contributed by atoms with Crippen LogP contribution in [0.5, 0.6) is 11.5 Å². The van der Waals surface area contributed by atoms with Crippen molar-refractivity contribution < 1.29 is 10.2 Å². The number of hydrogen-bond donors (Lipinski definition) is 2. The summed E-state index contributed by atoms with van der Waals surface area (Å²) in [6, 6.07) is 6.07. The molecular weight excluding hydrogens is 248 g/mol. The van der Waals surface area contributed by atoms with E-state index in [0.717, 1.165) is 41.2 Å². The predicted octanol–water partition coefficient (Wildman–Crippen LogP) is 4.74. The van der Waals surface area contributed by atoms with Crippen molar-refractivity contribution in [3.63, 3.8) is 0 Å². The molecule has 0 spiro atoms. The third kappa shape index (κ3) is 1.39. The third-order valence-corrected chi connectivity index (χ3v) is 5.27. The molecule has 0 aromatic heterocycles. The zero-order valence-electron chi connectivity index (χ0n) is 12.0. The van der Waals surface area contributed by atoms with E-state index in [1.54, 1.807) is 0 Å². The lowest BCUT2D eigenvalue weighted by Crippen LogP contribution is -2.00. The van der Waals surface area contributed by atoms with Gasteiger partial charge in [0.25, 0.3) is 0 Å². The van der Waals surface area contributed by atoms with Crippen LogP contribution >= 0.6 is 0 Å². The van der Waals surface area contributed by atoms with Crippen LogP contribution in [-0.4, -0.2) is 10.2 Å². The van der Waals surface area contributed by atoms with E-state index in [1.165, 1.54) is 5.56 Å². The molecule has 4 rings (SSSR count). The number of phenols is 2. The number of aromatic hydroxyl groups is 2. The van der Waals surface area contributed by atoms with Crippen LogP contribution in [0, 0.1) is 0 Å². The average Bonchev–Trinajstić information content (AvgIpc) is 3.05.